The molecule has 4 rings (SSSR count). The SMILES string of the molecule is [2H]C(=O)[C@@H]1[C@@H]2[C@]3(C=C[C@]1(C)C3)CC[C@@H]1C(C)(C)CC[C@H](OC(C)=O)[C@]12C. The molecule has 0 radical (unpaired) electrons. The highest BCUT2D eigenvalue weighted by molar-refractivity contribution is 5.66. The van der Waals surface area contributed by atoms with Crippen LogP contribution in [0.15, 0.2) is 12.2 Å². The average molecular weight is 346 g/mol. The standard InChI is InChI=1S/C22H32O3/c1-14(24)25-17-7-8-19(2,3)16-6-9-22-11-10-20(4,13-22)15(12-23)18(22)21(16,17)5/h10-12,15-18H,6-9,13H2,1-5H3/t15-,16-,17+,18+,20-,21+,22+/m1/s1/i12D. The first-order valence-corrected chi connectivity index (χ1v) is 9.84. The predicted molar refractivity (Wildman–Crippen MR) is 96.7 cm³/mol. The Kier molecular flexibility index (Phi) is 3.21. The van der Waals surface area contributed by atoms with Gasteiger partial charge in [-0.3, -0.25) is 4.79 Å². The highest BCUT2D eigenvalue weighted by Crippen LogP contribution is 2.76. The zero-order valence-corrected chi connectivity index (χ0v) is 16.2. The monoisotopic (exact) mass is 345 g/mol. The molecule has 3 saturated carbocycles. The summed E-state index contributed by atoms with van der Waals surface area (Å²) in [6.07, 6.45) is 9.03. The summed E-state index contributed by atoms with van der Waals surface area (Å²) in [4.78, 5) is 24.4. The zero-order valence-electron chi connectivity index (χ0n) is 17.2. The van der Waals surface area contributed by atoms with Gasteiger partial charge in [0, 0.05) is 18.3 Å². The summed E-state index contributed by atoms with van der Waals surface area (Å²) < 4.78 is 14.0. The number of fused-ring (bicyclic) bond motifs is 3. The molecular weight excluding hydrogens is 312 g/mol. The topological polar surface area (TPSA) is 43.4 Å². The first-order chi connectivity index (χ1) is 12.0. The number of aldehydes is 1. The fraction of sp³-hybridized carbons (Fsp3) is 0.818. The average Bonchev–Trinajstić information content (AvgIpc) is 2.98. The van der Waals surface area contributed by atoms with Crippen molar-refractivity contribution in [2.45, 2.75) is 72.8 Å². The van der Waals surface area contributed by atoms with E-state index in [9.17, 15) is 9.59 Å². The van der Waals surface area contributed by atoms with Crippen LogP contribution in [0.5, 0.6) is 0 Å². The van der Waals surface area contributed by atoms with Crippen molar-refractivity contribution in [1.82, 2.24) is 0 Å². The minimum Gasteiger partial charge on any atom is -0.462 e. The third-order valence-corrected chi connectivity index (χ3v) is 8.61. The highest BCUT2D eigenvalue weighted by Gasteiger charge is 2.72. The van der Waals surface area contributed by atoms with E-state index in [1.165, 1.54) is 6.92 Å². The first-order valence-electron chi connectivity index (χ1n) is 10.3. The maximum atomic E-state index is 12.5. The van der Waals surface area contributed by atoms with Crippen LogP contribution >= 0.6 is 0 Å². The van der Waals surface area contributed by atoms with Crippen molar-refractivity contribution in [3.63, 3.8) is 0 Å². The van der Waals surface area contributed by atoms with E-state index in [2.05, 4.69) is 39.8 Å². The number of allylic oxidation sites excluding steroid dienone is 2. The maximum absolute atomic E-state index is 12.5. The molecule has 4 aliphatic carbocycles. The third kappa shape index (κ3) is 2.04. The minimum atomic E-state index is -0.435. The van der Waals surface area contributed by atoms with E-state index in [4.69, 9.17) is 6.11 Å². The van der Waals surface area contributed by atoms with Gasteiger partial charge in [-0.1, -0.05) is 39.8 Å². The van der Waals surface area contributed by atoms with Crippen molar-refractivity contribution < 1.29 is 15.7 Å². The van der Waals surface area contributed by atoms with Crippen molar-refractivity contribution >= 4 is 12.2 Å². The molecule has 0 N–H and O–H groups in total. The highest BCUT2D eigenvalue weighted by atomic mass is 16.5. The van der Waals surface area contributed by atoms with Crippen LogP contribution in [0.25, 0.3) is 0 Å². The van der Waals surface area contributed by atoms with E-state index in [1.807, 2.05) is 0 Å². The van der Waals surface area contributed by atoms with Gasteiger partial charge in [0.05, 0.1) is 0 Å². The molecule has 0 aliphatic heterocycles. The van der Waals surface area contributed by atoms with E-state index in [-0.39, 0.29) is 45.6 Å². The number of carbonyl (C=O) groups excluding carboxylic acids is 2. The molecule has 0 saturated heterocycles. The van der Waals surface area contributed by atoms with E-state index in [1.54, 1.807) is 0 Å². The Hall–Kier alpha value is -1.12. The molecule has 7 atom stereocenters. The zero-order chi connectivity index (χ0) is 19.1. The van der Waals surface area contributed by atoms with Gasteiger partial charge in [-0.05, 0) is 60.2 Å². The molecule has 4 aliphatic rings. The molecule has 1 spiro atoms. The first kappa shape index (κ1) is 16.1. The van der Waals surface area contributed by atoms with Crippen molar-refractivity contribution in [3.05, 3.63) is 12.2 Å². The number of esters is 1. The largest absolute Gasteiger partial charge is 0.462 e. The summed E-state index contributed by atoms with van der Waals surface area (Å²) in [6.45, 7) is 10.6. The van der Waals surface area contributed by atoms with Crippen LogP contribution in [0.3, 0.4) is 0 Å². The van der Waals surface area contributed by atoms with Gasteiger partial charge in [0.15, 0.2) is 0 Å². The van der Waals surface area contributed by atoms with Crippen LogP contribution in [-0.2, 0) is 14.3 Å². The molecule has 3 fully saturated rings. The Morgan fingerprint density at radius 1 is 1.20 bits per heavy atom. The molecule has 0 heterocycles. The minimum absolute atomic E-state index is 0.00675. The van der Waals surface area contributed by atoms with Crippen LogP contribution in [0.2, 0.25) is 0 Å². The molecule has 0 aromatic rings. The van der Waals surface area contributed by atoms with Gasteiger partial charge in [-0.15, -0.1) is 0 Å². The second-order valence-electron chi connectivity index (χ2n) is 10.4. The summed E-state index contributed by atoms with van der Waals surface area (Å²) in [6, 6.07) is 0. The maximum Gasteiger partial charge on any atom is 0.302 e. The van der Waals surface area contributed by atoms with Crippen LogP contribution in [-0.4, -0.2) is 18.3 Å². The molecule has 3 nitrogen and oxygen atoms in total. The molecular formula is C22H32O3. The van der Waals surface area contributed by atoms with E-state index in [0.717, 1.165) is 32.1 Å². The van der Waals surface area contributed by atoms with E-state index in [0.29, 0.717) is 5.92 Å². The summed E-state index contributed by atoms with van der Waals surface area (Å²) in [5, 5.41) is 0. The van der Waals surface area contributed by atoms with Crippen LogP contribution in [0.4, 0.5) is 0 Å². The fourth-order valence-electron chi connectivity index (χ4n) is 7.80. The molecule has 0 aromatic heterocycles. The van der Waals surface area contributed by atoms with Crippen molar-refractivity contribution in [2.24, 2.45) is 39.4 Å². The van der Waals surface area contributed by atoms with Crippen molar-refractivity contribution in [1.29, 1.82) is 0 Å². The second kappa shape index (κ2) is 4.98. The van der Waals surface area contributed by atoms with Crippen molar-refractivity contribution in [2.75, 3.05) is 0 Å². The van der Waals surface area contributed by atoms with E-state index < -0.39 is 6.26 Å². The molecule has 138 valence electrons. The van der Waals surface area contributed by atoms with Crippen LogP contribution in [0.1, 0.15) is 68.1 Å². The lowest BCUT2D eigenvalue weighted by atomic mass is 9.41. The normalized spacial score (nSPS) is 52.9. The summed E-state index contributed by atoms with van der Waals surface area (Å²) in [5.41, 5.74) is -0.318. The Bertz CT molecular complexity index is 698. The van der Waals surface area contributed by atoms with Crippen molar-refractivity contribution in [3.8, 4) is 0 Å². The lowest BCUT2D eigenvalue weighted by Crippen LogP contribution is -2.62. The smallest absolute Gasteiger partial charge is 0.302 e. The molecule has 0 unspecified atom stereocenters. The lowest BCUT2D eigenvalue weighted by Gasteiger charge is -2.64. The van der Waals surface area contributed by atoms with Gasteiger partial charge in [0.1, 0.15) is 13.7 Å². The van der Waals surface area contributed by atoms with E-state index >= 15 is 0 Å². The Labute approximate surface area is 153 Å². The quantitative estimate of drug-likeness (QED) is 0.419. The molecule has 3 heteroatoms. The number of carbonyl (C=O) groups is 2. The fourth-order valence-corrected chi connectivity index (χ4v) is 7.80. The number of ether oxygens (including phenoxy) is 1. The Balaban J connectivity index is 1.88. The van der Waals surface area contributed by atoms with Gasteiger partial charge in [0.2, 0.25) is 0 Å². The van der Waals surface area contributed by atoms with Gasteiger partial charge < -0.3 is 9.53 Å². The summed E-state index contributed by atoms with van der Waals surface area (Å²) in [7, 11) is 0. The van der Waals surface area contributed by atoms with Gasteiger partial charge in [0.25, 0.3) is 0 Å². The number of hydrogen-bond acceptors (Lipinski definition) is 3. The van der Waals surface area contributed by atoms with Crippen LogP contribution in [0, 0.1) is 39.4 Å². The summed E-state index contributed by atoms with van der Waals surface area (Å²) >= 11 is 0. The molecule has 25 heavy (non-hydrogen) atoms. The van der Waals surface area contributed by atoms with Gasteiger partial charge >= 0.3 is 5.97 Å². The molecule has 0 aromatic carbocycles. The van der Waals surface area contributed by atoms with Gasteiger partial charge in [-0.25, -0.2) is 0 Å². The molecule has 2 bridgehead atoms. The lowest BCUT2D eigenvalue weighted by molar-refractivity contribution is -0.205. The second-order valence-corrected chi connectivity index (χ2v) is 10.4. The number of hydrogen-bond donors (Lipinski definition) is 0. The Morgan fingerprint density at radius 2 is 1.92 bits per heavy atom. The van der Waals surface area contributed by atoms with Gasteiger partial charge in [-0.2, -0.15) is 0 Å². The molecule has 0 amide bonds. The van der Waals surface area contributed by atoms with Crippen LogP contribution < -0.4 is 0 Å². The Morgan fingerprint density at radius 3 is 2.56 bits per heavy atom. The third-order valence-electron chi connectivity index (χ3n) is 8.61. The summed E-state index contributed by atoms with van der Waals surface area (Å²) in [5.74, 6) is -0.0141. The predicted octanol–water partition coefficient (Wildman–Crippen LogP) is 4.55. The number of rotatable bonds is 2.